The predicted molar refractivity (Wildman–Crippen MR) is 284 cm³/mol. The SMILES string of the molecule is CCCCCCCCCCCCCC/C=C\CCCCCCCCCCCC(O)C(=O)NC(CO)C(O)C(O)CCC/C=C/CC/C=C/CCCCCCCCCCCCCCCCC. The molecule has 5 N–H and O–H groups in total. The Morgan fingerprint density at radius 1 is 0.369 bits per heavy atom. The van der Waals surface area contributed by atoms with E-state index in [4.69, 9.17) is 0 Å². The Morgan fingerprint density at radius 2 is 0.646 bits per heavy atom. The standard InChI is InChI=1S/C59H113NO5/c1-3-5-7-9-11-13-15-17-19-21-23-25-27-29-31-33-35-37-39-41-43-45-47-49-51-53-57(63)59(65)60-55(54-61)58(64)56(62)52-50-48-46-44-42-40-38-36-34-32-30-28-26-24-22-20-18-16-14-12-10-8-6-4-2/h29,31,36,38,44,46,55-58,61-64H,3-28,30,32-35,37,39-43,45,47-54H2,1-2H3,(H,60,65)/b31-29-,38-36+,46-44+. The third-order valence-corrected chi connectivity index (χ3v) is 13.6. The van der Waals surface area contributed by atoms with Crippen molar-refractivity contribution in [2.45, 2.75) is 327 Å². The molecule has 4 unspecified atom stereocenters. The Kier molecular flexibility index (Phi) is 52.3. The first-order valence-electron chi connectivity index (χ1n) is 28.9. The van der Waals surface area contributed by atoms with Crippen LogP contribution in [0, 0.1) is 0 Å². The predicted octanol–water partition coefficient (Wildman–Crippen LogP) is 16.8. The topological polar surface area (TPSA) is 110 Å². The summed E-state index contributed by atoms with van der Waals surface area (Å²) in [4.78, 5) is 12.6. The lowest BCUT2D eigenvalue weighted by Crippen LogP contribution is -2.53. The maximum absolute atomic E-state index is 12.6. The molecular weight excluding hydrogens is 803 g/mol. The molecular formula is C59H113NO5. The number of rotatable bonds is 53. The van der Waals surface area contributed by atoms with Gasteiger partial charge in [-0.1, -0.05) is 262 Å². The Hall–Kier alpha value is -1.47. The van der Waals surface area contributed by atoms with Crippen LogP contribution >= 0.6 is 0 Å². The molecule has 6 nitrogen and oxygen atoms in total. The maximum Gasteiger partial charge on any atom is 0.249 e. The number of amides is 1. The Labute approximate surface area is 405 Å². The second-order valence-corrected chi connectivity index (χ2v) is 20.0. The van der Waals surface area contributed by atoms with Crippen molar-refractivity contribution < 1.29 is 25.2 Å². The highest BCUT2D eigenvalue weighted by molar-refractivity contribution is 5.80. The van der Waals surface area contributed by atoms with Crippen LogP contribution in [0.2, 0.25) is 0 Å². The lowest BCUT2D eigenvalue weighted by Gasteiger charge is -2.27. The molecule has 0 saturated carbocycles. The number of allylic oxidation sites excluding steroid dienone is 6. The summed E-state index contributed by atoms with van der Waals surface area (Å²) in [6.07, 6.45) is 66.5. The third kappa shape index (κ3) is 47.4. The molecule has 0 rings (SSSR count). The summed E-state index contributed by atoms with van der Waals surface area (Å²) in [7, 11) is 0. The van der Waals surface area contributed by atoms with Crippen molar-refractivity contribution in [1.29, 1.82) is 0 Å². The molecule has 0 heterocycles. The monoisotopic (exact) mass is 916 g/mol. The minimum absolute atomic E-state index is 0.358. The van der Waals surface area contributed by atoms with Gasteiger partial charge in [0.1, 0.15) is 12.2 Å². The van der Waals surface area contributed by atoms with Gasteiger partial charge in [0, 0.05) is 0 Å². The van der Waals surface area contributed by atoms with E-state index in [1.54, 1.807) is 0 Å². The summed E-state index contributed by atoms with van der Waals surface area (Å²) in [5.74, 6) is -0.596. The molecule has 6 heteroatoms. The van der Waals surface area contributed by atoms with E-state index in [0.717, 1.165) is 38.5 Å². The van der Waals surface area contributed by atoms with Crippen molar-refractivity contribution in [1.82, 2.24) is 5.32 Å². The zero-order valence-corrected chi connectivity index (χ0v) is 43.5. The lowest BCUT2D eigenvalue weighted by atomic mass is 10.00. The van der Waals surface area contributed by atoms with Crippen LogP contribution < -0.4 is 5.32 Å². The van der Waals surface area contributed by atoms with Crippen LogP contribution in [0.4, 0.5) is 0 Å². The highest BCUT2D eigenvalue weighted by atomic mass is 16.3. The van der Waals surface area contributed by atoms with E-state index in [1.165, 1.54) is 231 Å². The Morgan fingerprint density at radius 3 is 0.969 bits per heavy atom. The molecule has 0 aliphatic rings. The van der Waals surface area contributed by atoms with E-state index in [0.29, 0.717) is 19.3 Å². The summed E-state index contributed by atoms with van der Waals surface area (Å²) < 4.78 is 0. The quantitative estimate of drug-likeness (QED) is 0.0308. The molecule has 0 saturated heterocycles. The summed E-state index contributed by atoms with van der Waals surface area (Å²) in [6.45, 7) is 4.07. The Balaban J connectivity index is 3.68. The van der Waals surface area contributed by atoms with Gasteiger partial charge in [0.25, 0.3) is 0 Å². The summed E-state index contributed by atoms with van der Waals surface area (Å²) in [5, 5.41) is 44.0. The van der Waals surface area contributed by atoms with Gasteiger partial charge in [0.15, 0.2) is 0 Å². The smallest absolute Gasteiger partial charge is 0.249 e. The van der Waals surface area contributed by atoms with Gasteiger partial charge in [-0.3, -0.25) is 4.79 Å². The highest BCUT2D eigenvalue weighted by Gasteiger charge is 2.28. The molecule has 0 radical (unpaired) electrons. The number of unbranched alkanes of at least 4 members (excludes halogenated alkanes) is 38. The van der Waals surface area contributed by atoms with Gasteiger partial charge in [-0.15, -0.1) is 0 Å². The van der Waals surface area contributed by atoms with Crippen molar-refractivity contribution in [3.63, 3.8) is 0 Å². The normalized spacial score (nSPS) is 14.0. The van der Waals surface area contributed by atoms with Crippen LogP contribution in [0.5, 0.6) is 0 Å². The fraction of sp³-hybridized carbons (Fsp3) is 0.881. The third-order valence-electron chi connectivity index (χ3n) is 13.6. The van der Waals surface area contributed by atoms with Crippen LogP contribution in [0.15, 0.2) is 36.5 Å². The molecule has 65 heavy (non-hydrogen) atoms. The van der Waals surface area contributed by atoms with E-state index in [2.05, 4.69) is 55.6 Å². The summed E-state index contributed by atoms with van der Waals surface area (Å²) in [6, 6.07) is -1.01. The van der Waals surface area contributed by atoms with Crippen molar-refractivity contribution in [2.24, 2.45) is 0 Å². The van der Waals surface area contributed by atoms with Crippen molar-refractivity contribution in [3.8, 4) is 0 Å². The first kappa shape index (κ1) is 63.5. The van der Waals surface area contributed by atoms with Gasteiger partial charge in [-0.25, -0.2) is 0 Å². The number of aliphatic hydroxyl groups is 4. The molecule has 0 aromatic heterocycles. The minimum atomic E-state index is -1.29. The number of hydrogen-bond donors (Lipinski definition) is 5. The highest BCUT2D eigenvalue weighted by Crippen LogP contribution is 2.17. The molecule has 0 spiro atoms. The van der Waals surface area contributed by atoms with Crippen molar-refractivity contribution in [3.05, 3.63) is 36.5 Å². The van der Waals surface area contributed by atoms with Crippen LogP contribution in [0.3, 0.4) is 0 Å². The molecule has 0 aromatic rings. The molecule has 0 fully saturated rings. The number of carbonyl (C=O) groups is 1. The average molecular weight is 917 g/mol. The van der Waals surface area contributed by atoms with Crippen molar-refractivity contribution in [2.75, 3.05) is 6.61 Å². The molecule has 384 valence electrons. The van der Waals surface area contributed by atoms with Crippen LogP contribution in [-0.2, 0) is 4.79 Å². The van der Waals surface area contributed by atoms with Gasteiger partial charge in [0.2, 0.25) is 5.91 Å². The fourth-order valence-electron chi connectivity index (χ4n) is 9.01. The van der Waals surface area contributed by atoms with Crippen LogP contribution in [0.25, 0.3) is 0 Å². The number of nitrogens with one attached hydrogen (secondary N) is 1. The summed E-state index contributed by atoms with van der Waals surface area (Å²) >= 11 is 0. The molecule has 0 aliphatic heterocycles. The minimum Gasteiger partial charge on any atom is -0.394 e. The van der Waals surface area contributed by atoms with E-state index < -0.39 is 36.9 Å². The second kappa shape index (κ2) is 53.5. The number of aliphatic hydroxyl groups excluding tert-OH is 4. The second-order valence-electron chi connectivity index (χ2n) is 20.0. The molecule has 4 atom stereocenters. The number of carbonyl (C=O) groups excluding carboxylic acids is 1. The zero-order valence-electron chi connectivity index (χ0n) is 43.5. The first-order chi connectivity index (χ1) is 32.0. The van der Waals surface area contributed by atoms with Crippen molar-refractivity contribution >= 4 is 5.91 Å². The molecule has 0 aromatic carbocycles. The Bertz CT molecular complexity index is 1030. The first-order valence-corrected chi connectivity index (χ1v) is 28.9. The van der Waals surface area contributed by atoms with E-state index in [1.807, 2.05) is 0 Å². The zero-order chi connectivity index (χ0) is 47.4. The van der Waals surface area contributed by atoms with Gasteiger partial charge < -0.3 is 25.7 Å². The molecule has 0 bridgehead atoms. The van der Waals surface area contributed by atoms with E-state index in [-0.39, 0.29) is 0 Å². The maximum atomic E-state index is 12.6. The van der Waals surface area contributed by atoms with Gasteiger partial charge in [-0.05, 0) is 77.0 Å². The van der Waals surface area contributed by atoms with E-state index in [9.17, 15) is 25.2 Å². The van der Waals surface area contributed by atoms with Gasteiger partial charge in [-0.2, -0.15) is 0 Å². The van der Waals surface area contributed by atoms with Crippen LogP contribution in [-0.4, -0.2) is 57.3 Å². The van der Waals surface area contributed by atoms with Gasteiger partial charge >= 0.3 is 0 Å². The average Bonchev–Trinajstić information content (AvgIpc) is 3.31. The van der Waals surface area contributed by atoms with E-state index >= 15 is 0 Å². The molecule has 1 amide bonds. The molecule has 0 aliphatic carbocycles. The number of hydrogen-bond acceptors (Lipinski definition) is 5. The van der Waals surface area contributed by atoms with Gasteiger partial charge in [0.05, 0.1) is 18.8 Å². The lowest BCUT2D eigenvalue weighted by molar-refractivity contribution is -0.132. The summed E-state index contributed by atoms with van der Waals surface area (Å²) in [5.41, 5.74) is 0. The largest absolute Gasteiger partial charge is 0.394 e. The fourth-order valence-corrected chi connectivity index (χ4v) is 9.01. The van der Waals surface area contributed by atoms with Crippen LogP contribution in [0.1, 0.15) is 303 Å².